The molecule has 14 heavy (non-hydrogen) atoms. The number of nitriles is 1. The summed E-state index contributed by atoms with van der Waals surface area (Å²) in [5, 5.41) is 8.63. The van der Waals surface area contributed by atoms with Crippen molar-refractivity contribution in [1.82, 2.24) is 9.97 Å². The standard InChI is InChI=1S/C10H9N3O/c1-14-10-5-9-8(12-6-13-9)4-7(10)2-3-11/h4-6H,2H2,1H3,(H,12,13). The van der Waals surface area contributed by atoms with Crippen LogP contribution in [0.3, 0.4) is 0 Å². The lowest BCUT2D eigenvalue weighted by molar-refractivity contribution is 0.411. The number of aromatic amines is 1. The number of rotatable bonds is 2. The van der Waals surface area contributed by atoms with Crippen LogP contribution in [0, 0.1) is 11.3 Å². The Bertz CT molecular complexity index is 496. The molecule has 0 saturated carbocycles. The number of imidazole rings is 1. The molecule has 0 saturated heterocycles. The van der Waals surface area contributed by atoms with Crippen molar-refractivity contribution < 1.29 is 4.74 Å². The number of hydrogen-bond donors (Lipinski definition) is 1. The number of nitrogens with zero attached hydrogens (tertiary/aromatic N) is 2. The topological polar surface area (TPSA) is 61.7 Å². The van der Waals surface area contributed by atoms with Gasteiger partial charge in [-0.05, 0) is 6.07 Å². The molecule has 1 aromatic heterocycles. The SMILES string of the molecule is COc1cc2nc[nH]c2cc1CC#N. The molecule has 0 aliphatic carbocycles. The number of benzene rings is 1. The minimum Gasteiger partial charge on any atom is -0.496 e. The van der Waals surface area contributed by atoms with Crippen LogP contribution in [-0.4, -0.2) is 17.1 Å². The maximum atomic E-state index is 8.63. The van der Waals surface area contributed by atoms with Crippen molar-refractivity contribution in [3.05, 3.63) is 24.0 Å². The maximum absolute atomic E-state index is 8.63. The Kier molecular flexibility index (Phi) is 2.07. The molecule has 4 heteroatoms. The molecule has 4 nitrogen and oxygen atoms in total. The third-order valence-electron chi connectivity index (χ3n) is 2.09. The molecule has 70 valence electrons. The van der Waals surface area contributed by atoms with Gasteiger partial charge in [-0.2, -0.15) is 5.26 Å². The normalized spacial score (nSPS) is 10.0. The van der Waals surface area contributed by atoms with Gasteiger partial charge < -0.3 is 9.72 Å². The summed E-state index contributed by atoms with van der Waals surface area (Å²) < 4.78 is 5.17. The second-order valence-electron chi connectivity index (χ2n) is 2.92. The molecule has 0 unspecified atom stereocenters. The quantitative estimate of drug-likeness (QED) is 0.777. The van der Waals surface area contributed by atoms with E-state index in [4.69, 9.17) is 10.00 Å². The summed E-state index contributed by atoms with van der Waals surface area (Å²) >= 11 is 0. The number of H-pyrrole nitrogens is 1. The van der Waals surface area contributed by atoms with Crippen molar-refractivity contribution >= 4 is 11.0 Å². The molecular weight excluding hydrogens is 178 g/mol. The first-order chi connectivity index (χ1) is 6.85. The van der Waals surface area contributed by atoms with E-state index in [2.05, 4.69) is 16.0 Å². The number of aromatic nitrogens is 2. The fraction of sp³-hybridized carbons (Fsp3) is 0.200. The van der Waals surface area contributed by atoms with E-state index < -0.39 is 0 Å². The average Bonchev–Trinajstić information content (AvgIpc) is 2.64. The largest absolute Gasteiger partial charge is 0.496 e. The second-order valence-corrected chi connectivity index (χ2v) is 2.92. The van der Waals surface area contributed by atoms with Gasteiger partial charge in [0.2, 0.25) is 0 Å². The molecule has 1 heterocycles. The number of hydrogen-bond acceptors (Lipinski definition) is 3. The van der Waals surface area contributed by atoms with E-state index >= 15 is 0 Å². The second kappa shape index (κ2) is 3.38. The Morgan fingerprint density at radius 2 is 2.43 bits per heavy atom. The third-order valence-corrected chi connectivity index (χ3v) is 2.09. The molecule has 0 atom stereocenters. The highest BCUT2D eigenvalue weighted by atomic mass is 16.5. The van der Waals surface area contributed by atoms with Crippen LogP contribution >= 0.6 is 0 Å². The van der Waals surface area contributed by atoms with Crippen LogP contribution in [0.4, 0.5) is 0 Å². The van der Waals surface area contributed by atoms with Crippen LogP contribution in [0.25, 0.3) is 11.0 Å². The van der Waals surface area contributed by atoms with Crippen LogP contribution in [0.1, 0.15) is 5.56 Å². The molecule has 0 aliphatic heterocycles. The molecule has 0 fully saturated rings. The highest BCUT2D eigenvalue weighted by Gasteiger charge is 2.06. The van der Waals surface area contributed by atoms with Crippen molar-refractivity contribution in [2.24, 2.45) is 0 Å². The molecule has 0 radical (unpaired) electrons. The predicted octanol–water partition coefficient (Wildman–Crippen LogP) is 1.64. The first-order valence-electron chi connectivity index (χ1n) is 4.22. The summed E-state index contributed by atoms with van der Waals surface area (Å²) in [6.07, 6.45) is 1.97. The van der Waals surface area contributed by atoms with Crippen molar-refractivity contribution in [2.75, 3.05) is 7.11 Å². The van der Waals surface area contributed by atoms with Gasteiger partial charge in [-0.1, -0.05) is 0 Å². The fourth-order valence-electron chi connectivity index (χ4n) is 1.42. The molecule has 1 aromatic carbocycles. The van der Waals surface area contributed by atoms with Gasteiger partial charge in [0.25, 0.3) is 0 Å². The Hall–Kier alpha value is -2.02. The highest BCUT2D eigenvalue weighted by Crippen LogP contribution is 2.23. The van der Waals surface area contributed by atoms with Crippen LogP contribution in [0.5, 0.6) is 5.75 Å². The molecule has 1 N–H and O–H groups in total. The van der Waals surface area contributed by atoms with Gasteiger partial charge in [-0.25, -0.2) is 4.98 Å². The molecule has 2 rings (SSSR count). The van der Waals surface area contributed by atoms with Gasteiger partial charge in [0.05, 0.1) is 37.0 Å². The Morgan fingerprint density at radius 1 is 1.57 bits per heavy atom. The monoisotopic (exact) mass is 187 g/mol. The van der Waals surface area contributed by atoms with Crippen LogP contribution in [-0.2, 0) is 6.42 Å². The van der Waals surface area contributed by atoms with Gasteiger partial charge in [0.1, 0.15) is 5.75 Å². The van der Waals surface area contributed by atoms with Gasteiger partial charge in [-0.15, -0.1) is 0 Å². The Balaban J connectivity index is 2.61. The van der Waals surface area contributed by atoms with E-state index in [1.54, 1.807) is 13.4 Å². The van der Waals surface area contributed by atoms with Crippen molar-refractivity contribution in [1.29, 1.82) is 5.26 Å². The van der Waals surface area contributed by atoms with E-state index in [-0.39, 0.29) is 0 Å². The summed E-state index contributed by atoms with van der Waals surface area (Å²) in [5.74, 6) is 0.714. The summed E-state index contributed by atoms with van der Waals surface area (Å²) in [5.41, 5.74) is 2.66. The molecule has 2 aromatic rings. The Labute approximate surface area is 81.1 Å². The van der Waals surface area contributed by atoms with Crippen LogP contribution < -0.4 is 4.74 Å². The highest BCUT2D eigenvalue weighted by molar-refractivity contribution is 5.77. The van der Waals surface area contributed by atoms with E-state index in [1.165, 1.54) is 0 Å². The lowest BCUT2D eigenvalue weighted by Crippen LogP contribution is -1.91. The number of methoxy groups -OCH3 is 1. The van der Waals surface area contributed by atoms with Crippen molar-refractivity contribution in [2.45, 2.75) is 6.42 Å². The van der Waals surface area contributed by atoms with E-state index in [0.29, 0.717) is 12.2 Å². The number of fused-ring (bicyclic) bond motifs is 1. The van der Waals surface area contributed by atoms with Crippen LogP contribution in [0.15, 0.2) is 18.5 Å². The maximum Gasteiger partial charge on any atom is 0.125 e. The minimum atomic E-state index is 0.345. The lowest BCUT2D eigenvalue weighted by Gasteiger charge is -2.04. The molecular formula is C10H9N3O. The smallest absolute Gasteiger partial charge is 0.125 e. The summed E-state index contributed by atoms with van der Waals surface area (Å²) in [7, 11) is 1.59. The summed E-state index contributed by atoms with van der Waals surface area (Å²) in [4.78, 5) is 7.10. The van der Waals surface area contributed by atoms with Gasteiger partial charge >= 0.3 is 0 Å². The van der Waals surface area contributed by atoms with Gasteiger partial charge in [-0.3, -0.25) is 0 Å². The van der Waals surface area contributed by atoms with Crippen LogP contribution in [0.2, 0.25) is 0 Å². The van der Waals surface area contributed by atoms with Gasteiger partial charge in [0.15, 0.2) is 0 Å². The molecule has 0 spiro atoms. The lowest BCUT2D eigenvalue weighted by atomic mass is 10.1. The van der Waals surface area contributed by atoms with Gasteiger partial charge in [0, 0.05) is 11.6 Å². The minimum absolute atomic E-state index is 0.345. The number of ether oxygens (including phenoxy) is 1. The summed E-state index contributed by atoms with van der Waals surface area (Å²) in [6.45, 7) is 0. The van der Waals surface area contributed by atoms with Crippen molar-refractivity contribution in [3.8, 4) is 11.8 Å². The third kappa shape index (κ3) is 1.29. The van der Waals surface area contributed by atoms with Crippen molar-refractivity contribution in [3.63, 3.8) is 0 Å². The zero-order chi connectivity index (χ0) is 9.97. The first-order valence-corrected chi connectivity index (χ1v) is 4.22. The zero-order valence-electron chi connectivity index (χ0n) is 7.74. The molecule has 0 aliphatic rings. The summed E-state index contributed by atoms with van der Waals surface area (Å²) in [6, 6.07) is 5.83. The van der Waals surface area contributed by atoms with E-state index in [1.807, 2.05) is 12.1 Å². The fourth-order valence-corrected chi connectivity index (χ4v) is 1.42. The number of nitrogens with one attached hydrogen (secondary N) is 1. The zero-order valence-corrected chi connectivity index (χ0v) is 7.74. The Morgan fingerprint density at radius 3 is 3.14 bits per heavy atom. The predicted molar refractivity (Wildman–Crippen MR) is 52.0 cm³/mol. The molecule has 0 amide bonds. The van der Waals surface area contributed by atoms with E-state index in [0.717, 1.165) is 16.6 Å². The van der Waals surface area contributed by atoms with E-state index in [9.17, 15) is 0 Å². The average molecular weight is 187 g/mol. The first kappa shape index (κ1) is 8.57. The molecule has 0 bridgehead atoms.